The van der Waals surface area contributed by atoms with E-state index in [0.29, 0.717) is 17.2 Å². The topological polar surface area (TPSA) is 66.4 Å². The highest BCUT2D eigenvalue weighted by atomic mass is 32.2. The number of aliphatic hydroxyl groups excluding tert-OH is 1. The molecule has 4 nitrogen and oxygen atoms in total. The van der Waals surface area contributed by atoms with Gasteiger partial charge in [-0.15, -0.1) is 0 Å². The van der Waals surface area contributed by atoms with Crippen LogP contribution in [0.25, 0.3) is 0 Å². The van der Waals surface area contributed by atoms with Crippen LogP contribution in [-0.2, 0) is 29.4 Å². The van der Waals surface area contributed by atoms with Crippen molar-refractivity contribution in [3.63, 3.8) is 0 Å². The second-order valence-corrected chi connectivity index (χ2v) is 6.54. The molecule has 0 aliphatic carbocycles. The highest BCUT2D eigenvalue weighted by Crippen LogP contribution is 2.30. The van der Waals surface area contributed by atoms with Gasteiger partial charge in [-0.05, 0) is 29.3 Å². The van der Waals surface area contributed by atoms with Crippen molar-refractivity contribution in [1.29, 1.82) is 0 Å². The van der Waals surface area contributed by atoms with Crippen molar-refractivity contribution in [3.8, 4) is 0 Å². The third-order valence-corrected chi connectivity index (χ3v) is 4.61. The van der Waals surface area contributed by atoms with Crippen LogP contribution in [0.5, 0.6) is 0 Å². The zero-order chi connectivity index (χ0) is 17.1. The molecule has 0 radical (unpaired) electrons. The molecule has 0 aromatic heterocycles. The van der Waals surface area contributed by atoms with E-state index in [1.165, 1.54) is 0 Å². The molecule has 2 aromatic carbocycles. The van der Waals surface area contributed by atoms with E-state index < -0.39 is 26.7 Å². The number of nitrogens with one attached hydrogen (secondary N) is 1. The molecule has 0 saturated heterocycles. The van der Waals surface area contributed by atoms with E-state index in [1.807, 2.05) is 0 Å². The van der Waals surface area contributed by atoms with E-state index in [2.05, 4.69) is 4.72 Å². The van der Waals surface area contributed by atoms with Crippen LogP contribution in [0.1, 0.15) is 16.7 Å². The first kappa shape index (κ1) is 17.5. The molecule has 23 heavy (non-hydrogen) atoms. The van der Waals surface area contributed by atoms with Crippen molar-refractivity contribution in [2.24, 2.45) is 0 Å². The summed E-state index contributed by atoms with van der Waals surface area (Å²) in [6.07, 6.45) is -4.62. The van der Waals surface area contributed by atoms with Crippen LogP contribution in [0.3, 0.4) is 0 Å². The molecule has 0 aliphatic rings. The predicted octanol–water partition coefficient (Wildman–Crippen LogP) is 2.68. The normalized spacial score (nSPS) is 12.3. The quantitative estimate of drug-likeness (QED) is 0.876. The minimum Gasteiger partial charge on any atom is -0.392 e. The van der Waals surface area contributed by atoms with Crippen LogP contribution in [0.15, 0.2) is 53.4 Å². The number of aliphatic hydroxyl groups is 1. The van der Waals surface area contributed by atoms with Crippen molar-refractivity contribution in [2.45, 2.75) is 24.2 Å². The van der Waals surface area contributed by atoms with Crippen LogP contribution in [0.4, 0.5) is 13.2 Å². The Kier molecular flexibility index (Phi) is 5.08. The Labute approximate surface area is 131 Å². The van der Waals surface area contributed by atoms with Gasteiger partial charge in [-0.1, -0.05) is 30.3 Å². The number of alkyl halides is 3. The number of sulfonamides is 1. The first-order chi connectivity index (χ1) is 10.7. The van der Waals surface area contributed by atoms with Gasteiger partial charge in [0.2, 0.25) is 10.0 Å². The number of hydrogen-bond acceptors (Lipinski definition) is 3. The lowest BCUT2D eigenvalue weighted by Crippen LogP contribution is -2.24. The van der Waals surface area contributed by atoms with E-state index in [1.54, 1.807) is 24.3 Å². The molecule has 0 unspecified atom stereocenters. The molecule has 0 fully saturated rings. The summed E-state index contributed by atoms with van der Waals surface area (Å²) in [5.41, 5.74) is 0.0564. The fourth-order valence-electron chi connectivity index (χ4n) is 1.98. The van der Waals surface area contributed by atoms with Gasteiger partial charge in [-0.3, -0.25) is 0 Å². The second-order valence-electron chi connectivity index (χ2n) is 4.78. The summed E-state index contributed by atoms with van der Waals surface area (Å²) in [7, 11) is -4.10. The summed E-state index contributed by atoms with van der Waals surface area (Å²) in [6.45, 7) is -0.392. The van der Waals surface area contributed by atoms with Crippen LogP contribution >= 0.6 is 0 Å². The number of halogens is 3. The molecule has 8 heteroatoms. The monoisotopic (exact) mass is 345 g/mol. The fraction of sp³-hybridized carbons (Fsp3) is 0.200. The smallest absolute Gasteiger partial charge is 0.392 e. The summed E-state index contributed by atoms with van der Waals surface area (Å²) in [6, 6.07) is 10.1. The molecule has 0 heterocycles. The molecule has 0 spiro atoms. The van der Waals surface area contributed by atoms with Crippen molar-refractivity contribution in [2.75, 3.05) is 0 Å². The molecular weight excluding hydrogens is 331 g/mol. The lowest BCUT2D eigenvalue weighted by Gasteiger charge is -2.11. The maximum absolute atomic E-state index is 12.7. The Morgan fingerprint density at radius 2 is 1.65 bits per heavy atom. The molecule has 0 amide bonds. The van der Waals surface area contributed by atoms with Gasteiger partial charge in [0.1, 0.15) is 0 Å². The van der Waals surface area contributed by atoms with E-state index in [4.69, 9.17) is 0 Å². The minimum atomic E-state index is -4.62. The Balaban J connectivity index is 2.23. The van der Waals surface area contributed by atoms with Gasteiger partial charge in [-0.25, -0.2) is 13.1 Å². The Bertz CT molecular complexity index is 789. The standard InChI is InChI=1S/C15H14F3NO3S/c16-15(17,18)13-6-3-7-14(8-13)23(21,22)19-9-11-4-1-2-5-12(11)10-20/h1-8,19-20H,9-10H2. The Morgan fingerprint density at radius 1 is 1.00 bits per heavy atom. The largest absolute Gasteiger partial charge is 0.416 e. The Hall–Kier alpha value is -1.90. The van der Waals surface area contributed by atoms with Gasteiger partial charge in [0.25, 0.3) is 0 Å². The van der Waals surface area contributed by atoms with Crippen LogP contribution in [0.2, 0.25) is 0 Å². The fourth-order valence-corrected chi connectivity index (χ4v) is 3.03. The van der Waals surface area contributed by atoms with Crippen LogP contribution < -0.4 is 4.72 Å². The molecule has 0 saturated carbocycles. The zero-order valence-corrected chi connectivity index (χ0v) is 12.7. The van der Waals surface area contributed by atoms with E-state index in [0.717, 1.165) is 18.2 Å². The summed E-state index contributed by atoms with van der Waals surface area (Å²) in [5.74, 6) is 0. The first-order valence-electron chi connectivity index (χ1n) is 6.58. The molecule has 124 valence electrons. The highest BCUT2D eigenvalue weighted by molar-refractivity contribution is 7.89. The van der Waals surface area contributed by atoms with Gasteiger partial charge in [0, 0.05) is 6.54 Å². The SMILES string of the molecule is O=S(=O)(NCc1ccccc1CO)c1cccc(C(F)(F)F)c1. The van der Waals surface area contributed by atoms with E-state index in [9.17, 15) is 26.7 Å². The predicted molar refractivity (Wildman–Crippen MR) is 77.8 cm³/mol. The van der Waals surface area contributed by atoms with Crippen molar-refractivity contribution in [3.05, 3.63) is 65.2 Å². The maximum Gasteiger partial charge on any atom is 0.416 e. The van der Waals surface area contributed by atoms with Crippen molar-refractivity contribution >= 4 is 10.0 Å². The molecule has 2 N–H and O–H groups in total. The molecule has 0 atom stereocenters. The molecule has 2 aromatic rings. The Morgan fingerprint density at radius 3 is 2.26 bits per heavy atom. The minimum absolute atomic E-state index is 0.130. The number of benzene rings is 2. The third-order valence-electron chi connectivity index (χ3n) is 3.21. The first-order valence-corrected chi connectivity index (χ1v) is 8.07. The molecule has 0 bridgehead atoms. The number of rotatable bonds is 5. The summed E-state index contributed by atoms with van der Waals surface area (Å²) < 4.78 is 64.5. The van der Waals surface area contributed by atoms with Crippen LogP contribution in [0, 0.1) is 0 Å². The third kappa shape index (κ3) is 4.31. The van der Waals surface area contributed by atoms with E-state index >= 15 is 0 Å². The molecule has 0 aliphatic heterocycles. The highest BCUT2D eigenvalue weighted by Gasteiger charge is 2.31. The lowest BCUT2D eigenvalue weighted by atomic mass is 10.1. The van der Waals surface area contributed by atoms with Gasteiger partial charge in [0.15, 0.2) is 0 Å². The maximum atomic E-state index is 12.7. The second kappa shape index (κ2) is 6.69. The number of hydrogen-bond donors (Lipinski definition) is 2. The summed E-state index contributed by atoms with van der Waals surface area (Å²) >= 11 is 0. The van der Waals surface area contributed by atoms with Gasteiger partial charge >= 0.3 is 6.18 Å². The van der Waals surface area contributed by atoms with Crippen LogP contribution in [-0.4, -0.2) is 13.5 Å². The average molecular weight is 345 g/mol. The molecule has 2 rings (SSSR count). The van der Waals surface area contributed by atoms with Gasteiger partial charge in [0.05, 0.1) is 17.1 Å². The molecular formula is C15H14F3NO3S. The average Bonchev–Trinajstić information content (AvgIpc) is 2.52. The van der Waals surface area contributed by atoms with E-state index in [-0.39, 0.29) is 13.2 Å². The van der Waals surface area contributed by atoms with Gasteiger partial charge < -0.3 is 5.11 Å². The van der Waals surface area contributed by atoms with Gasteiger partial charge in [-0.2, -0.15) is 13.2 Å². The lowest BCUT2D eigenvalue weighted by molar-refractivity contribution is -0.137. The summed E-state index contributed by atoms with van der Waals surface area (Å²) in [4.78, 5) is -0.464. The zero-order valence-electron chi connectivity index (χ0n) is 11.8. The van der Waals surface area contributed by atoms with Crippen molar-refractivity contribution < 1.29 is 26.7 Å². The summed E-state index contributed by atoms with van der Waals surface area (Å²) in [5, 5.41) is 9.19. The van der Waals surface area contributed by atoms with Crippen molar-refractivity contribution in [1.82, 2.24) is 4.72 Å².